The molecule has 0 aliphatic carbocycles. The molecule has 0 saturated heterocycles. The number of aryl methyl sites for hydroxylation is 1. The highest BCUT2D eigenvalue weighted by molar-refractivity contribution is 7.10. The molecule has 0 radical (unpaired) electrons. The van der Waals surface area contributed by atoms with E-state index in [0.717, 1.165) is 5.56 Å². The van der Waals surface area contributed by atoms with Crippen LogP contribution in [0, 0.1) is 6.92 Å². The second-order valence-corrected chi connectivity index (χ2v) is 3.70. The number of rotatable bonds is 4. The van der Waals surface area contributed by atoms with Crippen LogP contribution in [0.1, 0.15) is 11.1 Å². The molecule has 0 amide bonds. The van der Waals surface area contributed by atoms with Crippen molar-refractivity contribution in [2.24, 2.45) is 0 Å². The summed E-state index contributed by atoms with van der Waals surface area (Å²) in [7, 11) is 3.73. The van der Waals surface area contributed by atoms with Gasteiger partial charge in [0.2, 0.25) is 0 Å². The third kappa shape index (κ3) is 3.61. The summed E-state index contributed by atoms with van der Waals surface area (Å²) < 4.78 is 4.61. The summed E-state index contributed by atoms with van der Waals surface area (Å²) >= 11 is 0. The van der Waals surface area contributed by atoms with E-state index in [2.05, 4.69) is 9.84 Å². The Morgan fingerprint density at radius 1 is 1.47 bits per heavy atom. The molecule has 82 valence electrons. The average molecular weight is 225 g/mol. The molecule has 0 spiro atoms. The largest absolute Gasteiger partial charge is 0.450 e. The summed E-state index contributed by atoms with van der Waals surface area (Å²) in [6.07, 6.45) is 0.643. The molecule has 1 rings (SSSR count). The highest BCUT2D eigenvalue weighted by atomic mass is 31.0. The Kier molecular flexibility index (Phi) is 4.73. The molecular formula is C11H16NO2P. The van der Waals surface area contributed by atoms with Gasteiger partial charge in [-0.1, -0.05) is 29.8 Å². The van der Waals surface area contributed by atoms with Crippen LogP contribution in [0.2, 0.25) is 0 Å². The quantitative estimate of drug-likeness (QED) is 0.788. The van der Waals surface area contributed by atoms with Crippen LogP contribution in [0.3, 0.4) is 0 Å². The second-order valence-electron chi connectivity index (χ2n) is 3.47. The highest BCUT2D eigenvalue weighted by Gasteiger charge is 2.16. The fourth-order valence-corrected chi connectivity index (χ4v) is 1.51. The minimum absolute atomic E-state index is 0.261. The van der Waals surface area contributed by atoms with Crippen LogP contribution >= 0.6 is 9.47 Å². The Morgan fingerprint density at radius 3 is 2.53 bits per heavy atom. The molecule has 4 heteroatoms. The van der Waals surface area contributed by atoms with Crippen molar-refractivity contribution in [2.45, 2.75) is 19.4 Å². The van der Waals surface area contributed by atoms with E-state index in [1.54, 1.807) is 7.05 Å². The number of hydrogen-bond acceptors (Lipinski definition) is 3. The van der Waals surface area contributed by atoms with E-state index in [9.17, 15) is 4.79 Å². The van der Waals surface area contributed by atoms with E-state index in [4.69, 9.17) is 0 Å². The normalized spacial score (nSPS) is 12.2. The van der Waals surface area contributed by atoms with Gasteiger partial charge in [-0.2, -0.15) is 0 Å². The molecule has 0 bridgehead atoms. The standard InChI is InChI=1S/C11H16NO2P/c1-8-3-5-9(6-4-8)7-10(12-2)11(13)14-15/h3-6,10,12H,7,15H2,1-2H3/t10-/m0/s1. The summed E-state index contributed by atoms with van der Waals surface area (Å²) in [6, 6.07) is 7.83. The zero-order valence-electron chi connectivity index (χ0n) is 8.99. The summed E-state index contributed by atoms with van der Waals surface area (Å²) in [5.41, 5.74) is 2.34. The molecule has 0 fully saturated rings. The van der Waals surface area contributed by atoms with E-state index < -0.39 is 0 Å². The van der Waals surface area contributed by atoms with Crippen molar-refractivity contribution >= 4 is 15.4 Å². The molecule has 0 aliphatic rings. The van der Waals surface area contributed by atoms with E-state index in [-0.39, 0.29) is 12.0 Å². The molecule has 2 atom stereocenters. The average Bonchev–Trinajstić information content (AvgIpc) is 2.27. The molecule has 0 aromatic heterocycles. The number of likely N-dealkylation sites (N-methyl/N-ethyl adjacent to an activating group) is 1. The number of hydrogen-bond donors (Lipinski definition) is 1. The number of benzene rings is 1. The Hall–Kier alpha value is -0.920. The molecule has 3 nitrogen and oxygen atoms in total. The molecule has 15 heavy (non-hydrogen) atoms. The third-order valence-electron chi connectivity index (χ3n) is 2.31. The zero-order chi connectivity index (χ0) is 11.3. The second kappa shape index (κ2) is 5.84. The molecule has 1 unspecified atom stereocenters. The first-order chi connectivity index (χ1) is 7.17. The lowest BCUT2D eigenvalue weighted by Crippen LogP contribution is -2.36. The predicted molar refractivity (Wildman–Crippen MR) is 63.5 cm³/mol. The van der Waals surface area contributed by atoms with Crippen LogP contribution in [0.25, 0.3) is 0 Å². The van der Waals surface area contributed by atoms with Crippen LogP contribution in [0.5, 0.6) is 0 Å². The Bertz CT molecular complexity index is 324. The van der Waals surface area contributed by atoms with Gasteiger partial charge in [0, 0.05) is 0 Å². The van der Waals surface area contributed by atoms with Crippen molar-refractivity contribution in [3.8, 4) is 0 Å². The zero-order valence-corrected chi connectivity index (χ0v) is 10.1. The monoisotopic (exact) mass is 225 g/mol. The third-order valence-corrected chi connectivity index (χ3v) is 2.54. The maximum absolute atomic E-state index is 11.3. The molecule has 1 aromatic carbocycles. The lowest BCUT2D eigenvalue weighted by atomic mass is 10.0. The van der Waals surface area contributed by atoms with Gasteiger partial charge in [-0.15, -0.1) is 0 Å². The maximum atomic E-state index is 11.3. The van der Waals surface area contributed by atoms with Crippen LogP contribution in [-0.2, 0) is 15.7 Å². The van der Waals surface area contributed by atoms with Gasteiger partial charge in [0.05, 0.1) is 9.47 Å². The molecule has 0 saturated carbocycles. The molecular weight excluding hydrogens is 209 g/mol. The topological polar surface area (TPSA) is 38.3 Å². The SMILES string of the molecule is CN[C@@H](Cc1ccc(C)cc1)C(=O)OP. The van der Waals surface area contributed by atoms with E-state index >= 15 is 0 Å². The predicted octanol–water partition coefficient (Wildman–Crippen LogP) is 1.46. The smallest absolute Gasteiger partial charge is 0.325 e. The van der Waals surface area contributed by atoms with Gasteiger partial charge < -0.3 is 9.84 Å². The van der Waals surface area contributed by atoms with Crippen LogP contribution in [0.15, 0.2) is 24.3 Å². The Balaban J connectivity index is 2.66. The molecule has 1 aromatic rings. The van der Waals surface area contributed by atoms with Crippen molar-refractivity contribution in [3.05, 3.63) is 35.4 Å². The van der Waals surface area contributed by atoms with Gasteiger partial charge in [0.15, 0.2) is 0 Å². The minimum atomic E-state index is -0.287. The Labute approximate surface area is 92.5 Å². The van der Waals surface area contributed by atoms with Crippen molar-refractivity contribution in [1.82, 2.24) is 5.32 Å². The van der Waals surface area contributed by atoms with Crippen LogP contribution in [-0.4, -0.2) is 19.1 Å². The lowest BCUT2D eigenvalue weighted by Gasteiger charge is -2.13. The Morgan fingerprint density at radius 2 is 2.07 bits per heavy atom. The number of nitrogens with one attached hydrogen (secondary N) is 1. The summed E-state index contributed by atoms with van der Waals surface area (Å²) in [4.78, 5) is 11.3. The van der Waals surface area contributed by atoms with E-state index in [1.807, 2.05) is 40.7 Å². The van der Waals surface area contributed by atoms with Gasteiger partial charge in [-0.25, -0.2) is 0 Å². The summed E-state index contributed by atoms with van der Waals surface area (Å²) in [6.45, 7) is 2.04. The fraction of sp³-hybridized carbons (Fsp3) is 0.364. The van der Waals surface area contributed by atoms with Gasteiger partial charge >= 0.3 is 5.97 Å². The van der Waals surface area contributed by atoms with Gasteiger partial charge in [0.25, 0.3) is 0 Å². The van der Waals surface area contributed by atoms with Gasteiger partial charge in [-0.05, 0) is 26.0 Å². The molecule has 1 N–H and O–H groups in total. The maximum Gasteiger partial charge on any atom is 0.325 e. The van der Waals surface area contributed by atoms with E-state index in [0.29, 0.717) is 6.42 Å². The first kappa shape index (κ1) is 12.2. The van der Waals surface area contributed by atoms with Crippen molar-refractivity contribution < 1.29 is 9.32 Å². The number of carbonyl (C=O) groups is 1. The first-order valence-corrected chi connectivity index (χ1v) is 5.28. The van der Waals surface area contributed by atoms with Gasteiger partial charge in [0.1, 0.15) is 6.04 Å². The van der Waals surface area contributed by atoms with Crippen molar-refractivity contribution in [1.29, 1.82) is 0 Å². The number of carbonyl (C=O) groups excluding carboxylic acids is 1. The fourth-order valence-electron chi connectivity index (χ4n) is 1.35. The lowest BCUT2D eigenvalue weighted by molar-refractivity contribution is -0.135. The van der Waals surface area contributed by atoms with Gasteiger partial charge in [-0.3, -0.25) is 4.79 Å². The highest BCUT2D eigenvalue weighted by Crippen LogP contribution is 2.07. The summed E-state index contributed by atoms with van der Waals surface area (Å²) in [5.74, 6) is -0.261. The van der Waals surface area contributed by atoms with Crippen LogP contribution in [0.4, 0.5) is 0 Å². The van der Waals surface area contributed by atoms with Crippen molar-refractivity contribution in [3.63, 3.8) is 0 Å². The van der Waals surface area contributed by atoms with E-state index in [1.165, 1.54) is 5.56 Å². The first-order valence-electron chi connectivity index (χ1n) is 4.80. The molecule has 0 heterocycles. The van der Waals surface area contributed by atoms with Crippen molar-refractivity contribution in [2.75, 3.05) is 7.05 Å². The molecule has 0 aliphatic heterocycles. The minimum Gasteiger partial charge on any atom is -0.450 e. The van der Waals surface area contributed by atoms with Crippen LogP contribution < -0.4 is 5.32 Å². The summed E-state index contributed by atoms with van der Waals surface area (Å²) in [5, 5.41) is 2.93.